The zero-order valence-electron chi connectivity index (χ0n) is 11.3. The maximum atomic E-state index is 13.7. The maximum Gasteiger partial charge on any atom is 0.248 e. The SMILES string of the molecule is Cc1cnc(C(C)NCc2cc(C(N)=O)ccc2F)s1. The first kappa shape index (κ1) is 14.6. The molecule has 0 aliphatic rings. The quantitative estimate of drug-likeness (QED) is 0.890. The molecule has 0 bridgehead atoms. The van der Waals surface area contributed by atoms with E-state index in [1.807, 2.05) is 20.0 Å². The van der Waals surface area contributed by atoms with Crippen molar-refractivity contribution in [3.63, 3.8) is 0 Å². The van der Waals surface area contributed by atoms with E-state index >= 15 is 0 Å². The molecule has 0 saturated heterocycles. The number of halogens is 1. The van der Waals surface area contributed by atoms with Gasteiger partial charge in [-0.3, -0.25) is 4.79 Å². The number of nitrogens with two attached hydrogens (primary N) is 1. The lowest BCUT2D eigenvalue weighted by Gasteiger charge is -2.12. The molecule has 20 heavy (non-hydrogen) atoms. The first-order valence-corrected chi connectivity index (χ1v) is 7.03. The standard InChI is InChI=1S/C14H16FN3OS/c1-8-6-18-14(20-8)9(2)17-7-11-5-10(13(16)19)3-4-12(11)15/h3-6,9,17H,7H2,1-2H3,(H2,16,19). The highest BCUT2D eigenvalue weighted by Crippen LogP contribution is 2.20. The number of primary amides is 1. The molecule has 0 saturated carbocycles. The van der Waals surface area contributed by atoms with Crippen LogP contribution in [0.1, 0.15) is 38.8 Å². The summed E-state index contributed by atoms with van der Waals surface area (Å²) >= 11 is 1.60. The second kappa shape index (κ2) is 6.11. The fraction of sp³-hybridized carbons (Fsp3) is 0.286. The molecule has 0 radical (unpaired) electrons. The Hall–Kier alpha value is -1.79. The summed E-state index contributed by atoms with van der Waals surface area (Å²) < 4.78 is 13.7. The second-order valence-electron chi connectivity index (χ2n) is 4.58. The van der Waals surface area contributed by atoms with E-state index in [1.165, 1.54) is 18.2 Å². The van der Waals surface area contributed by atoms with Crippen molar-refractivity contribution >= 4 is 17.2 Å². The van der Waals surface area contributed by atoms with Gasteiger partial charge in [0.1, 0.15) is 10.8 Å². The molecule has 106 valence electrons. The predicted octanol–water partition coefficient (Wildman–Crippen LogP) is 2.54. The number of aromatic nitrogens is 1. The van der Waals surface area contributed by atoms with Gasteiger partial charge in [0.15, 0.2) is 0 Å². The average Bonchev–Trinajstić information content (AvgIpc) is 2.84. The van der Waals surface area contributed by atoms with Crippen LogP contribution in [-0.2, 0) is 6.54 Å². The van der Waals surface area contributed by atoms with Crippen molar-refractivity contribution in [2.75, 3.05) is 0 Å². The van der Waals surface area contributed by atoms with Crippen LogP contribution in [0.5, 0.6) is 0 Å². The zero-order valence-corrected chi connectivity index (χ0v) is 12.1. The van der Waals surface area contributed by atoms with Crippen molar-refractivity contribution in [3.8, 4) is 0 Å². The normalized spacial score (nSPS) is 12.3. The lowest BCUT2D eigenvalue weighted by atomic mass is 10.1. The van der Waals surface area contributed by atoms with Crippen LogP contribution in [-0.4, -0.2) is 10.9 Å². The highest BCUT2D eigenvalue weighted by molar-refractivity contribution is 7.11. The first-order chi connectivity index (χ1) is 9.47. The molecule has 2 aromatic rings. The van der Waals surface area contributed by atoms with Gasteiger partial charge in [-0.15, -0.1) is 11.3 Å². The fourth-order valence-electron chi connectivity index (χ4n) is 1.79. The van der Waals surface area contributed by atoms with Crippen LogP contribution in [0.2, 0.25) is 0 Å². The number of hydrogen-bond donors (Lipinski definition) is 2. The average molecular weight is 293 g/mol. The molecule has 1 amide bonds. The molecule has 4 nitrogen and oxygen atoms in total. The number of benzene rings is 1. The van der Waals surface area contributed by atoms with Gasteiger partial charge in [0.05, 0.1) is 6.04 Å². The summed E-state index contributed by atoms with van der Waals surface area (Å²) in [6.07, 6.45) is 1.81. The minimum absolute atomic E-state index is 0.0188. The zero-order chi connectivity index (χ0) is 14.7. The minimum Gasteiger partial charge on any atom is -0.366 e. The number of thiazole rings is 1. The summed E-state index contributed by atoms with van der Waals surface area (Å²) in [6.45, 7) is 4.27. The van der Waals surface area contributed by atoms with Crippen LogP contribution in [0.4, 0.5) is 4.39 Å². The summed E-state index contributed by atoms with van der Waals surface area (Å²) in [5.41, 5.74) is 5.92. The molecular weight excluding hydrogens is 277 g/mol. The third-order valence-electron chi connectivity index (χ3n) is 2.94. The van der Waals surface area contributed by atoms with Gasteiger partial charge in [-0.25, -0.2) is 9.37 Å². The Kier molecular flexibility index (Phi) is 4.46. The van der Waals surface area contributed by atoms with Gasteiger partial charge >= 0.3 is 0 Å². The number of carbonyl (C=O) groups excluding carboxylic acids is 1. The summed E-state index contributed by atoms with van der Waals surface area (Å²) in [7, 11) is 0. The highest BCUT2D eigenvalue weighted by Gasteiger charge is 2.11. The van der Waals surface area contributed by atoms with Crippen LogP contribution in [0.15, 0.2) is 24.4 Å². The highest BCUT2D eigenvalue weighted by atomic mass is 32.1. The van der Waals surface area contributed by atoms with Gasteiger partial charge in [-0.1, -0.05) is 0 Å². The summed E-state index contributed by atoms with van der Waals surface area (Å²) in [6, 6.07) is 4.14. The molecule has 1 aromatic heterocycles. The number of hydrogen-bond acceptors (Lipinski definition) is 4. The fourth-order valence-corrected chi connectivity index (χ4v) is 2.59. The molecule has 2 rings (SSSR count). The van der Waals surface area contributed by atoms with Gasteiger partial charge in [-0.2, -0.15) is 0 Å². The number of rotatable bonds is 5. The molecule has 1 aromatic carbocycles. The van der Waals surface area contributed by atoms with Crippen LogP contribution >= 0.6 is 11.3 Å². The number of nitrogens with one attached hydrogen (secondary N) is 1. The number of carbonyl (C=O) groups is 1. The molecule has 0 aliphatic carbocycles. The van der Waals surface area contributed by atoms with E-state index in [-0.39, 0.29) is 11.9 Å². The third-order valence-corrected chi connectivity index (χ3v) is 4.03. The van der Waals surface area contributed by atoms with E-state index in [9.17, 15) is 9.18 Å². The number of amides is 1. The number of aryl methyl sites for hydroxylation is 1. The molecule has 1 atom stereocenters. The molecular formula is C14H16FN3OS. The molecule has 1 unspecified atom stereocenters. The lowest BCUT2D eigenvalue weighted by Crippen LogP contribution is -2.19. The monoisotopic (exact) mass is 293 g/mol. The van der Waals surface area contributed by atoms with Crippen molar-refractivity contribution in [3.05, 3.63) is 51.2 Å². The second-order valence-corrected chi connectivity index (χ2v) is 5.85. The summed E-state index contributed by atoms with van der Waals surface area (Å²) in [5.74, 6) is -0.917. The van der Waals surface area contributed by atoms with Crippen LogP contribution in [0.3, 0.4) is 0 Å². The Morgan fingerprint density at radius 1 is 1.55 bits per heavy atom. The Morgan fingerprint density at radius 2 is 2.30 bits per heavy atom. The third kappa shape index (κ3) is 3.40. The van der Waals surface area contributed by atoms with Gasteiger partial charge in [0, 0.05) is 28.7 Å². The predicted molar refractivity (Wildman–Crippen MR) is 77.0 cm³/mol. The van der Waals surface area contributed by atoms with Gasteiger partial charge in [0.25, 0.3) is 0 Å². The Labute approximate surface area is 120 Å². The first-order valence-electron chi connectivity index (χ1n) is 6.21. The van der Waals surface area contributed by atoms with E-state index in [0.717, 1.165) is 9.88 Å². The lowest BCUT2D eigenvalue weighted by molar-refractivity contribution is 0.1000. The van der Waals surface area contributed by atoms with E-state index in [1.54, 1.807) is 11.3 Å². The largest absolute Gasteiger partial charge is 0.366 e. The van der Waals surface area contributed by atoms with E-state index in [0.29, 0.717) is 17.7 Å². The van der Waals surface area contributed by atoms with Gasteiger partial charge in [0.2, 0.25) is 5.91 Å². The van der Waals surface area contributed by atoms with Crippen LogP contribution < -0.4 is 11.1 Å². The van der Waals surface area contributed by atoms with Crippen LogP contribution in [0.25, 0.3) is 0 Å². The summed E-state index contributed by atoms with van der Waals surface area (Å²) in [4.78, 5) is 16.5. The molecule has 0 spiro atoms. The van der Waals surface area contributed by atoms with Crippen molar-refractivity contribution in [1.29, 1.82) is 0 Å². The van der Waals surface area contributed by atoms with Gasteiger partial charge < -0.3 is 11.1 Å². The van der Waals surface area contributed by atoms with Gasteiger partial charge in [-0.05, 0) is 32.0 Å². The Morgan fingerprint density at radius 3 is 2.90 bits per heavy atom. The molecule has 0 aliphatic heterocycles. The van der Waals surface area contributed by atoms with E-state index in [2.05, 4.69) is 10.3 Å². The molecule has 0 fully saturated rings. The molecule has 3 N–H and O–H groups in total. The Balaban J connectivity index is 2.06. The topological polar surface area (TPSA) is 68.0 Å². The smallest absolute Gasteiger partial charge is 0.248 e. The molecule has 1 heterocycles. The van der Waals surface area contributed by atoms with E-state index < -0.39 is 5.91 Å². The maximum absolute atomic E-state index is 13.7. The van der Waals surface area contributed by atoms with Crippen molar-refractivity contribution < 1.29 is 9.18 Å². The molecule has 6 heteroatoms. The minimum atomic E-state index is -0.560. The van der Waals surface area contributed by atoms with Crippen molar-refractivity contribution in [1.82, 2.24) is 10.3 Å². The Bertz CT molecular complexity index is 627. The summed E-state index contributed by atoms with van der Waals surface area (Å²) in [5, 5.41) is 4.14. The number of nitrogens with zero attached hydrogens (tertiary/aromatic N) is 1. The van der Waals surface area contributed by atoms with Crippen LogP contribution in [0, 0.1) is 12.7 Å². The van der Waals surface area contributed by atoms with Crippen molar-refractivity contribution in [2.24, 2.45) is 5.73 Å². The van der Waals surface area contributed by atoms with Crippen molar-refractivity contribution in [2.45, 2.75) is 26.4 Å². The van der Waals surface area contributed by atoms with E-state index in [4.69, 9.17) is 5.73 Å².